The van der Waals surface area contributed by atoms with Crippen LogP contribution in [0.25, 0.3) is 25.4 Å². The zero-order chi connectivity index (χ0) is 20.1. The van der Waals surface area contributed by atoms with Crippen molar-refractivity contribution in [3.8, 4) is 5.13 Å². The van der Waals surface area contributed by atoms with Crippen LogP contribution in [-0.2, 0) is 0 Å². The predicted molar refractivity (Wildman–Crippen MR) is 121 cm³/mol. The monoisotopic (exact) mass is 458 g/mol. The summed E-state index contributed by atoms with van der Waals surface area (Å²) >= 11 is 15.5. The first-order valence-electron chi connectivity index (χ1n) is 8.62. The summed E-state index contributed by atoms with van der Waals surface area (Å²) in [6.45, 7) is 1.86. The first-order valence-corrected chi connectivity index (χ1v) is 11.0. The standard InChI is InChI=1S/C20H12Cl2N4OS2/c1-10-9-15(23-19(27)18-16(22)11-5-2-3-7-13(11)28-18)26(25-10)20-24-17-12(21)6-4-8-14(17)29-20/h2-9H,1H3,(H,23,27). The van der Waals surface area contributed by atoms with Crippen molar-refractivity contribution < 1.29 is 4.79 Å². The fourth-order valence-electron chi connectivity index (χ4n) is 3.06. The number of anilines is 1. The lowest BCUT2D eigenvalue weighted by molar-refractivity contribution is 0.103. The summed E-state index contributed by atoms with van der Waals surface area (Å²) in [6, 6.07) is 15.1. The third kappa shape index (κ3) is 3.20. The Hall–Kier alpha value is -2.45. The summed E-state index contributed by atoms with van der Waals surface area (Å²) in [4.78, 5) is 18.0. The number of carbonyl (C=O) groups is 1. The molecular weight excluding hydrogens is 447 g/mol. The molecule has 0 fully saturated rings. The van der Waals surface area contributed by atoms with Gasteiger partial charge in [-0.1, -0.05) is 58.8 Å². The molecule has 1 amide bonds. The van der Waals surface area contributed by atoms with Crippen molar-refractivity contribution in [3.63, 3.8) is 0 Å². The van der Waals surface area contributed by atoms with E-state index in [0.29, 0.717) is 31.4 Å². The van der Waals surface area contributed by atoms with Crippen molar-refractivity contribution in [2.24, 2.45) is 0 Å². The van der Waals surface area contributed by atoms with Crippen LogP contribution >= 0.6 is 45.9 Å². The maximum atomic E-state index is 13.0. The molecule has 29 heavy (non-hydrogen) atoms. The van der Waals surface area contributed by atoms with Crippen LogP contribution in [0, 0.1) is 6.92 Å². The molecule has 9 heteroatoms. The number of amides is 1. The normalized spacial score (nSPS) is 11.4. The van der Waals surface area contributed by atoms with Gasteiger partial charge in [0.05, 0.1) is 20.4 Å². The minimum Gasteiger partial charge on any atom is -0.306 e. The van der Waals surface area contributed by atoms with E-state index in [1.54, 1.807) is 16.8 Å². The van der Waals surface area contributed by atoms with Crippen molar-refractivity contribution in [1.82, 2.24) is 14.8 Å². The van der Waals surface area contributed by atoms with Gasteiger partial charge in [-0.2, -0.15) is 9.78 Å². The number of thiazole rings is 1. The smallest absolute Gasteiger partial charge is 0.268 e. The molecule has 144 valence electrons. The van der Waals surface area contributed by atoms with Gasteiger partial charge in [-0.3, -0.25) is 4.79 Å². The quantitative estimate of drug-likeness (QED) is 0.332. The number of carbonyl (C=O) groups excluding carboxylic acids is 1. The highest BCUT2D eigenvalue weighted by Gasteiger charge is 2.20. The largest absolute Gasteiger partial charge is 0.306 e. The second-order valence-electron chi connectivity index (χ2n) is 6.36. The molecule has 1 N–H and O–H groups in total. The molecule has 3 heterocycles. The van der Waals surface area contributed by atoms with Crippen LogP contribution in [0.4, 0.5) is 5.82 Å². The highest BCUT2D eigenvalue weighted by Crippen LogP contribution is 2.36. The SMILES string of the molecule is Cc1cc(NC(=O)c2sc3ccccc3c2Cl)n(-c2nc3c(Cl)cccc3s2)n1. The minimum absolute atomic E-state index is 0.281. The molecule has 0 spiro atoms. The number of halogens is 2. The van der Waals surface area contributed by atoms with Gasteiger partial charge in [-0.25, -0.2) is 4.98 Å². The number of nitrogens with zero attached hydrogens (tertiary/aromatic N) is 3. The number of thiophene rings is 1. The van der Waals surface area contributed by atoms with E-state index >= 15 is 0 Å². The third-order valence-corrected chi connectivity index (χ3v) is 7.33. The average Bonchev–Trinajstić information content (AvgIpc) is 3.38. The van der Waals surface area contributed by atoms with Crippen LogP contribution in [0.1, 0.15) is 15.4 Å². The van der Waals surface area contributed by atoms with Crippen LogP contribution in [0.2, 0.25) is 10.0 Å². The first kappa shape index (κ1) is 18.6. The van der Waals surface area contributed by atoms with Gasteiger partial charge < -0.3 is 5.32 Å². The molecule has 3 aromatic heterocycles. The van der Waals surface area contributed by atoms with E-state index in [4.69, 9.17) is 23.2 Å². The number of rotatable bonds is 3. The number of hydrogen-bond donors (Lipinski definition) is 1. The lowest BCUT2D eigenvalue weighted by Gasteiger charge is -2.05. The highest BCUT2D eigenvalue weighted by atomic mass is 35.5. The summed E-state index contributed by atoms with van der Waals surface area (Å²) in [7, 11) is 0. The van der Waals surface area contributed by atoms with Gasteiger partial charge in [0.1, 0.15) is 16.2 Å². The van der Waals surface area contributed by atoms with E-state index in [9.17, 15) is 4.79 Å². The summed E-state index contributed by atoms with van der Waals surface area (Å²) in [5.74, 6) is 0.243. The summed E-state index contributed by atoms with van der Waals surface area (Å²) in [5, 5.41) is 9.95. The maximum absolute atomic E-state index is 13.0. The molecule has 2 aromatic carbocycles. The van der Waals surface area contributed by atoms with Crippen molar-refractivity contribution >= 4 is 77.9 Å². The summed E-state index contributed by atoms with van der Waals surface area (Å²) in [5.41, 5.74) is 1.47. The molecule has 0 aliphatic rings. The van der Waals surface area contributed by atoms with E-state index in [2.05, 4.69) is 15.4 Å². The Morgan fingerprint density at radius 3 is 2.66 bits per heavy atom. The second-order valence-corrected chi connectivity index (χ2v) is 9.21. The van der Waals surface area contributed by atoms with Gasteiger partial charge in [-0.05, 0) is 25.1 Å². The summed E-state index contributed by atoms with van der Waals surface area (Å²) < 4.78 is 3.54. The van der Waals surface area contributed by atoms with Gasteiger partial charge in [0.2, 0.25) is 5.13 Å². The van der Waals surface area contributed by atoms with Gasteiger partial charge >= 0.3 is 0 Å². The third-order valence-electron chi connectivity index (χ3n) is 4.35. The average molecular weight is 459 g/mol. The molecule has 0 atom stereocenters. The van der Waals surface area contributed by atoms with Crippen LogP contribution in [0.3, 0.4) is 0 Å². The van der Waals surface area contributed by atoms with E-state index in [-0.39, 0.29) is 5.91 Å². The van der Waals surface area contributed by atoms with E-state index in [0.717, 1.165) is 20.5 Å². The number of hydrogen-bond acceptors (Lipinski definition) is 5. The Labute approximate surface area is 183 Å². The van der Waals surface area contributed by atoms with Gasteiger partial charge in [0.25, 0.3) is 5.91 Å². The predicted octanol–water partition coefficient (Wildman–Crippen LogP) is 6.56. The number of benzene rings is 2. The van der Waals surface area contributed by atoms with Crippen LogP contribution in [0.5, 0.6) is 0 Å². The molecule has 0 radical (unpaired) electrons. The molecule has 5 rings (SSSR count). The second kappa shape index (κ2) is 7.11. The Bertz CT molecular complexity index is 1400. The summed E-state index contributed by atoms with van der Waals surface area (Å²) in [6.07, 6.45) is 0. The van der Waals surface area contributed by atoms with Gasteiger partial charge in [0, 0.05) is 16.2 Å². The molecule has 0 unspecified atom stereocenters. The fourth-order valence-corrected chi connectivity index (χ4v) is 5.70. The Morgan fingerprint density at radius 1 is 1.07 bits per heavy atom. The number of nitrogens with one attached hydrogen (secondary N) is 1. The molecule has 0 saturated carbocycles. The molecule has 5 nitrogen and oxygen atoms in total. The van der Waals surface area contributed by atoms with Crippen molar-refractivity contribution in [2.75, 3.05) is 5.32 Å². The Kier molecular flexibility index (Phi) is 4.55. The minimum atomic E-state index is -0.281. The molecule has 0 bridgehead atoms. The first-order chi connectivity index (χ1) is 14.0. The molecule has 0 aliphatic heterocycles. The highest BCUT2D eigenvalue weighted by molar-refractivity contribution is 7.22. The number of para-hydroxylation sites is 1. The van der Waals surface area contributed by atoms with Crippen LogP contribution in [0.15, 0.2) is 48.5 Å². The van der Waals surface area contributed by atoms with E-state index < -0.39 is 0 Å². The Morgan fingerprint density at radius 2 is 1.86 bits per heavy atom. The van der Waals surface area contributed by atoms with Crippen LogP contribution < -0.4 is 5.32 Å². The molecular formula is C20H12Cl2N4OS2. The zero-order valence-corrected chi connectivity index (χ0v) is 18.1. The van der Waals surface area contributed by atoms with Crippen molar-refractivity contribution in [3.05, 3.63) is 69.1 Å². The molecule has 0 aliphatic carbocycles. The van der Waals surface area contributed by atoms with Crippen LogP contribution in [-0.4, -0.2) is 20.7 Å². The number of aromatic nitrogens is 3. The van der Waals surface area contributed by atoms with Gasteiger partial charge in [-0.15, -0.1) is 11.3 Å². The lowest BCUT2D eigenvalue weighted by Crippen LogP contribution is -2.14. The lowest BCUT2D eigenvalue weighted by atomic mass is 10.2. The van der Waals surface area contributed by atoms with E-state index in [1.807, 2.05) is 43.3 Å². The number of aryl methyl sites for hydroxylation is 1. The fraction of sp³-hybridized carbons (Fsp3) is 0.0500. The van der Waals surface area contributed by atoms with Gasteiger partial charge in [0.15, 0.2) is 0 Å². The maximum Gasteiger partial charge on any atom is 0.268 e. The van der Waals surface area contributed by atoms with Crippen molar-refractivity contribution in [2.45, 2.75) is 6.92 Å². The zero-order valence-electron chi connectivity index (χ0n) is 14.9. The van der Waals surface area contributed by atoms with Crippen molar-refractivity contribution in [1.29, 1.82) is 0 Å². The number of fused-ring (bicyclic) bond motifs is 2. The Balaban J connectivity index is 1.54. The molecule has 5 aromatic rings. The molecule has 0 saturated heterocycles. The topological polar surface area (TPSA) is 59.8 Å². The van der Waals surface area contributed by atoms with E-state index in [1.165, 1.54) is 22.7 Å².